The lowest BCUT2D eigenvalue weighted by Gasteiger charge is -2.08. The van der Waals surface area contributed by atoms with E-state index < -0.39 is 12.0 Å². The van der Waals surface area contributed by atoms with Gasteiger partial charge in [0.05, 0.1) is 5.52 Å². The highest BCUT2D eigenvalue weighted by molar-refractivity contribution is 5.82. The summed E-state index contributed by atoms with van der Waals surface area (Å²) in [5.41, 5.74) is 9.42. The van der Waals surface area contributed by atoms with Crippen molar-refractivity contribution in [1.82, 2.24) is 4.98 Å². The lowest BCUT2D eigenvalue weighted by atomic mass is 10.0. The van der Waals surface area contributed by atoms with Crippen molar-refractivity contribution in [2.75, 3.05) is 0 Å². The van der Waals surface area contributed by atoms with Crippen molar-refractivity contribution in [3.05, 3.63) is 41.1 Å². The standard InChI is InChI=1S/C14H16N2O2/c1-8-5-9(2)13-10(6-8)3-4-11(16-13)7-12(15)14(17)18/h3-6,12H,7,15H2,1-2H3,(H,17,18). The Morgan fingerprint density at radius 3 is 2.78 bits per heavy atom. The maximum absolute atomic E-state index is 10.7. The normalized spacial score (nSPS) is 12.6. The molecule has 4 heteroatoms. The van der Waals surface area contributed by atoms with E-state index in [0.717, 1.165) is 16.5 Å². The Balaban J connectivity index is 2.41. The van der Waals surface area contributed by atoms with Gasteiger partial charge in [0, 0.05) is 17.5 Å². The van der Waals surface area contributed by atoms with Crippen molar-refractivity contribution < 1.29 is 9.90 Å². The van der Waals surface area contributed by atoms with Gasteiger partial charge in [-0.3, -0.25) is 9.78 Å². The van der Waals surface area contributed by atoms with Crippen molar-refractivity contribution in [2.24, 2.45) is 5.73 Å². The average Bonchev–Trinajstić information content (AvgIpc) is 2.29. The average molecular weight is 244 g/mol. The fraction of sp³-hybridized carbons (Fsp3) is 0.286. The predicted molar refractivity (Wildman–Crippen MR) is 70.5 cm³/mol. The van der Waals surface area contributed by atoms with Crippen molar-refractivity contribution in [2.45, 2.75) is 26.3 Å². The van der Waals surface area contributed by atoms with Crippen LogP contribution in [0.3, 0.4) is 0 Å². The third-order valence-corrected chi connectivity index (χ3v) is 2.93. The van der Waals surface area contributed by atoms with Gasteiger partial charge in [-0.2, -0.15) is 0 Å². The lowest BCUT2D eigenvalue weighted by Crippen LogP contribution is -2.32. The summed E-state index contributed by atoms with van der Waals surface area (Å²) in [6.45, 7) is 4.05. The molecule has 4 nitrogen and oxygen atoms in total. The zero-order valence-corrected chi connectivity index (χ0v) is 10.5. The number of fused-ring (bicyclic) bond motifs is 1. The minimum atomic E-state index is -1.00. The first-order valence-electron chi connectivity index (χ1n) is 5.82. The van der Waals surface area contributed by atoms with Gasteiger partial charge in [-0.05, 0) is 31.5 Å². The summed E-state index contributed by atoms with van der Waals surface area (Å²) in [6, 6.07) is 7.03. The molecule has 1 unspecified atom stereocenters. The lowest BCUT2D eigenvalue weighted by molar-refractivity contribution is -0.138. The van der Waals surface area contributed by atoms with E-state index in [4.69, 9.17) is 10.8 Å². The van der Waals surface area contributed by atoms with E-state index in [-0.39, 0.29) is 6.42 Å². The molecule has 0 spiro atoms. The summed E-state index contributed by atoms with van der Waals surface area (Å²) in [6.07, 6.45) is 0.249. The Morgan fingerprint density at radius 1 is 1.39 bits per heavy atom. The van der Waals surface area contributed by atoms with E-state index >= 15 is 0 Å². The van der Waals surface area contributed by atoms with Gasteiger partial charge in [-0.25, -0.2) is 0 Å². The number of rotatable bonds is 3. The molecule has 0 aliphatic heterocycles. The third kappa shape index (κ3) is 2.49. The van der Waals surface area contributed by atoms with Crippen LogP contribution >= 0.6 is 0 Å². The first-order chi connectivity index (χ1) is 8.47. The first-order valence-corrected chi connectivity index (χ1v) is 5.82. The van der Waals surface area contributed by atoms with Crippen LogP contribution < -0.4 is 5.73 Å². The summed E-state index contributed by atoms with van der Waals surface area (Å²) in [5.74, 6) is -1.00. The van der Waals surface area contributed by atoms with Crippen LogP contribution in [0.25, 0.3) is 10.9 Å². The Labute approximate surface area is 105 Å². The summed E-state index contributed by atoms with van der Waals surface area (Å²) in [5, 5.41) is 9.86. The van der Waals surface area contributed by atoms with Crippen LogP contribution in [0.5, 0.6) is 0 Å². The molecule has 0 saturated carbocycles. The SMILES string of the molecule is Cc1cc(C)c2nc(CC(N)C(=O)O)ccc2c1. The Hall–Kier alpha value is -1.94. The smallest absolute Gasteiger partial charge is 0.320 e. The molecule has 0 saturated heterocycles. The molecule has 1 heterocycles. The van der Waals surface area contributed by atoms with Crippen LogP contribution in [0, 0.1) is 13.8 Å². The van der Waals surface area contributed by atoms with Gasteiger partial charge < -0.3 is 10.8 Å². The molecule has 1 aromatic heterocycles. The van der Waals surface area contributed by atoms with E-state index in [9.17, 15) is 4.79 Å². The second kappa shape index (κ2) is 4.74. The molecule has 0 fully saturated rings. The quantitative estimate of drug-likeness (QED) is 0.863. The number of aryl methyl sites for hydroxylation is 2. The Bertz CT molecular complexity index is 608. The van der Waals surface area contributed by atoms with Gasteiger partial charge in [-0.1, -0.05) is 17.7 Å². The molecule has 3 N–H and O–H groups in total. The van der Waals surface area contributed by atoms with Crippen molar-refractivity contribution >= 4 is 16.9 Å². The van der Waals surface area contributed by atoms with E-state index in [1.54, 1.807) is 0 Å². The van der Waals surface area contributed by atoms with Crippen molar-refractivity contribution in [1.29, 1.82) is 0 Å². The van der Waals surface area contributed by atoms with Crippen LogP contribution in [-0.2, 0) is 11.2 Å². The molecule has 18 heavy (non-hydrogen) atoms. The highest BCUT2D eigenvalue weighted by Gasteiger charge is 2.13. The molecular formula is C14H16N2O2. The molecule has 2 aromatic rings. The molecule has 1 atom stereocenters. The highest BCUT2D eigenvalue weighted by atomic mass is 16.4. The Morgan fingerprint density at radius 2 is 2.11 bits per heavy atom. The minimum absolute atomic E-state index is 0.249. The topological polar surface area (TPSA) is 76.2 Å². The zero-order chi connectivity index (χ0) is 13.3. The van der Waals surface area contributed by atoms with E-state index in [1.165, 1.54) is 5.56 Å². The highest BCUT2D eigenvalue weighted by Crippen LogP contribution is 2.19. The number of pyridine rings is 1. The van der Waals surface area contributed by atoms with Crippen molar-refractivity contribution in [3.8, 4) is 0 Å². The summed E-state index contributed by atoms with van der Waals surface area (Å²) < 4.78 is 0. The van der Waals surface area contributed by atoms with Crippen LogP contribution in [0.1, 0.15) is 16.8 Å². The van der Waals surface area contributed by atoms with Gasteiger partial charge >= 0.3 is 5.97 Å². The monoisotopic (exact) mass is 244 g/mol. The number of hydrogen-bond acceptors (Lipinski definition) is 3. The van der Waals surface area contributed by atoms with Crippen LogP contribution in [0.4, 0.5) is 0 Å². The van der Waals surface area contributed by atoms with E-state index in [2.05, 4.69) is 17.1 Å². The maximum Gasteiger partial charge on any atom is 0.320 e. The predicted octanol–water partition coefficient (Wildman–Crippen LogP) is 1.81. The fourth-order valence-electron chi connectivity index (χ4n) is 2.07. The first kappa shape index (κ1) is 12.5. The molecule has 0 amide bonds. The van der Waals surface area contributed by atoms with Crippen LogP contribution in [-0.4, -0.2) is 22.1 Å². The summed E-state index contributed by atoms with van der Waals surface area (Å²) >= 11 is 0. The van der Waals surface area contributed by atoms with Crippen molar-refractivity contribution in [3.63, 3.8) is 0 Å². The van der Waals surface area contributed by atoms with Gasteiger partial charge in [0.15, 0.2) is 0 Å². The molecule has 0 aliphatic carbocycles. The number of carboxylic acid groups (broad SMARTS) is 1. The second-order valence-corrected chi connectivity index (χ2v) is 4.60. The van der Waals surface area contributed by atoms with Gasteiger partial charge in [0.25, 0.3) is 0 Å². The fourth-order valence-corrected chi connectivity index (χ4v) is 2.07. The number of nitrogens with zero attached hydrogens (tertiary/aromatic N) is 1. The Kier molecular flexibility index (Phi) is 3.30. The van der Waals surface area contributed by atoms with Gasteiger partial charge in [0.1, 0.15) is 6.04 Å². The zero-order valence-electron chi connectivity index (χ0n) is 10.5. The number of aliphatic carboxylic acids is 1. The number of benzene rings is 1. The summed E-state index contributed by atoms with van der Waals surface area (Å²) in [7, 11) is 0. The molecular weight excluding hydrogens is 228 g/mol. The largest absolute Gasteiger partial charge is 0.480 e. The molecule has 1 aromatic carbocycles. The third-order valence-electron chi connectivity index (χ3n) is 2.93. The summed E-state index contributed by atoms with van der Waals surface area (Å²) in [4.78, 5) is 15.2. The van der Waals surface area contributed by atoms with E-state index in [1.807, 2.05) is 26.0 Å². The molecule has 0 radical (unpaired) electrons. The number of carboxylic acids is 1. The maximum atomic E-state index is 10.7. The molecule has 94 valence electrons. The second-order valence-electron chi connectivity index (χ2n) is 4.60. The number of carbonyl (C=O) groups is 1. The minimum Gasteiger partial charge on any atom is -0.480 e. The number of nitrogens with two attached hydrogens (primary N) is 1. The number of aromatic nitrogens is 1. The molecule has 2 rings (SSSR count). The molecule has 0 bridgehead atoms. The number of hydrogen-bond donors (Lipinski definition) is 2. The van der Waals surface area contributed by atoms with Gasteiger partial charge in [0.2, 0.25) is 0 Å². The van der Waals surface area contributed by atoms with E-state index in [0.29, 0.717) is 5.69 Å². The van der Waals surface area contributed by atoms with Crippen LogP contribution in [0.15, 0.2) is 24.3 Å². The van der Waals surface area contributed by atoms with Crippen LogP contribution in [0.2, 0.25) is 0 Å². The van der Waals surface area contributed by atoms with Gasteiger partial charge in [-0.15, -0.1) is 0 Å². The molecule has 0 aliphatic rings.